The van der Waals surface area contributed by atoms with Crippen molar-refractivity contribution in [1.82, 2.24) is 0 Å². The molecule has 6 atom stereocenters. The zero-order valence-corrected chi connectivity index (χ0v) is 47.8. The number of carbonyl (C=O) groups is 4. The molecule has 1 aliphatic rings. The van der Waals surface area contributed by atoms with Crippen LogP contribution in [0.1, 0.15) is 278 Å². The monoisotopic (exact) mass is 1060 g/mol. The Bertz CT molecular complexity index is 1490. The number of allylic oxidation sites excluding steroid dienone is 8. The lowest BCUT2D eigenvalue weighted by molar-refractivity contribution is -0.301. The number of ether oxygens (including phenoxy) is 5. The van der Waals surface area contributed by atoms with Crippen LogP contribution in [0.25, 0.3) is 0 Å². The minimum Gasteiger partial charge on any atom is -0.479 e. The summed E-state index contributed by atoms with van der Waals surface area (Å²) in [7, 11) is 0. The molecule has 0 aromatic rings. The standard InChI is InChI=1S/C63H110O12/c1-4-7-10-13-16-19-22-25-28-31-34-37-40-43-46-49-55(64)71-52-54(73-56(65)50-47-44-41-38-35-32-29-26-23-20-17-14-11-8-5-2)53-72-63-61(59(68)58(67)60(75-63)62(69)70)74-57(66)51-48-45-42-39-36-33-30-27-24-21-18-15-12-9-6-3/h16,19,25-30,54,58-61,63,67-68H,4-15,17-18,20-24,31-53H2,1-3H3,(H,69,70)/b19-16-,28-25-,29-26-,30-27-. The molecule has 1 aliphatic heterocycles. The first-order chi connectivity index (χ1) is 36.6. The SMILES string of the molecule is CCCCC/C=C\C/C=C\CCCCCCCC(=O)OCC(COC1OC(C(=O)O)C(O)C(O)C1OC(=O)CCCCCCC/C=C\CCCCCCCC)OC(=O)CCCCCCC/C=C\CCCCCCCC. The molecule has 1 saturated heterocycles. The molecule has 0 radical (unpaired) electrons. The maximum atomic E-state index is 13.2. The van der Waals surface area contributed by atoms with Crippen LogP contribution < -0.4 is 0 Å². The number of rotatable bonds is 52. The molecule has 75 heavy (non-hydrogen) atoms. The molecule has 0 aliphatic carbocycles. The fourth-order valence-corrected chi connectivity index (χ4v) is 9.09. The molecular weight excluding hydrogens is 949 g/mol. The normalized spacial score (nSPS) is 18.4. The van der Waals surface area contributed by atoms with Crippen molar-refractivity contribution in [2.24, 2.45) is 0 Å². The fourth-order valence-electron chi connectivity index (χ4n) is 9.09. The summed E-state index contributed by atoms with van der Waals surface area (Å²) < 4.78 is 28.4. The average molecular weight is 1060 g/mol. The van der Waals surface area contributed by atoms with Gasteiger partial charge in [0.25, 0.3) is 0 Å². The highest BCUT2D eigenvalue weighted by Crippen LogP contribution is 2.26. The summed E-state index contributed by atoms with van der Waals surface area (Å²) >= 11 is 0. The Morgan fingerprint density at radius 3 is 1.24 bits per heavy atom. The van der Waals surface area contributed by atoms with E-state index in [0.29, 0.717) is 19.3 Å². The van der Waals surface area contributed by atoms with Crippen molar-refractivity contribution in [3.8, 4) is 0 Å². The Balaban J connectivity index is 2.70. The first-order valence-electron chi connectivity index (χ1n) is 30.6. The summed E-state index contributed by atoms with van der Waals surface area (Å²) in [6.07, 6.45) is 49.3. The third-order valence-electron chi connectivity index (χ3n) is 13.8. The van der Waals surface area contributed by atoms with E-state index in [0.717, 1.165) is 122 Å². The van der Waals surface area contributed by atoms with E-state index in [2.05, 4.69) is 69.4 Å². The lowest BCUT2D eigenvalue weighted by Crippen LogP contribution is -2.61. The van der Waals surface area contributed by atoms with Gasteiger partial charge in [-0.2, -0.15) is 0 Å². The van der Waals surface area contributed by atoms with E-state index in [1.165, 1.54) is 96.3 Å². The molecule has 0 aromatic heterocycles. The zero-order valence-electron chi connectivity index (χ0n) is 47.8. The number of unbranched alkanes of at least 4 members (excludes halogenated alkanes) is 30. The second-order valence-corrected chi connectivity index (χ2v) is 21.0. The van der Waals surface area contributed by atoms with Gasteiger partial charge < -0.3 is 39.0 Å². The molecule has 1 heterocycles. The number of aliphatic hydroxyl groups excluding tert-OH is 2. The zero-order chi connectivity index (χ0) is 54.7. The molecule has 6 unspecified atom stereocenters. The smallest absolute Gasteiger partial charge is 0.335 e. The summed E-state index contributed by atoms with van der Waals surface area (Å²) in [6, 6.07) is 0. The molecule has 12 nitrogen and oxygen atoms in total. The van der Waals surface area contributed by atoms with Gasteiger partial charge in [-0.25, -0.2) is 4.79 Å². The number of carboxylic acid groups (broad SMARTS) is 1. The van der Waals surface area contributed by atoms with Gasteiger partial charge in [-0.05, 0) is 103 Å². The molecule has 3 N–H and O–H groups in total. The van der Waals surface area contributed by atoms with Crippen LogP contribution in [0.4, 0.5) is 0 Å². The van der Waals surface area contributed by atoms with Gasteiger partial charge in [-0.15, -0.1) is 0 Å². The highest BCUT2D eigenvalue weighted by Gasteiger charge is 2.50. The third-order valence-corrected chi connectivity index (χ3v) is 13.8. The second-order valence-electron chi connectivity index (χ2n) is 21.0. The minimum absolute atomic E-state index is 0.0494. The quantitative estimate of drug-likeness (QED) is 0.0228. The molecule has 0 saturated carbocycles. The van der Waals surface area contributed by atoms with Crippen LogP contribution in [0.2, 0.25) is 0 Å². The van der Waals surface area contributed by atoms with Crippen LogP contribution in [-0.4, -0.2) is 89.2 Å². The van der Waals surface area contributed by atoms with E-state index in [-0.39, 0.29) is 25.9 Å². The Morgan fingerprint density at radius 2 is 0.800 bits per heavy atom. The number of hydrogen-bond donors (Lipinski definition) is 3. The first-order valence-corrected chi connectivity index (χ1v) is 30.6. The lowest BCUT2D eigenvalue weighted by Gasteiger charge is -2.40. The van der Waals surface area contributed by atoms with Gasteiger partial charge in [0, 0.05) is 19.3 Å². The second kappa shape index (κ2) is 51.4. The van der Waals surface area contributed by atoms with Gasteiger partial charge in [0.05, 0.1) is 6.61 Å². The Labute approximate surface area is 456 Å². The predicted octanol–water partition coefficient (Wildman–Crippen LogP) is 15.8. The largest absolute Gasteiger partial charge is 0.479 e. The molecule has 0 bridgehead atoms. The van der Waals surface area contributed by atoms with Crippen molar-refractivity contribution in [2.75, 3.05) is 13.2 Å². The Morgan fingerprint density at radius 1 is 0.440 bits per heavy atom. The van der Waals surface area contributed by atoms with Crippen LogP contribution in [-0.2, 0) is 42.9 Å². The van der Waals surface area contributed by atoms with Gasteiger partial charge in [0.15, 0.2) is 24.6 Å². The number of aliphatic hydroxyl groups is 2. The number of esters is 3. The van der Waals surface area contributed by atoms with Crippen molar-refractivity contribution >= 4 is 23.9 Å². The minimum atomic E-state index is -1.91. The fraction of sp³-hybridized carbons (Fsp3) is 0.810. The van der Waals surface area contributed by atoms with Crippen LogP contribution in [0.3, 0.4) is 0 Å². The number of carbonyl (C=O) groups excluding carboxylic acids is 3. The summed E-state index contributed by atoms with van der Waals surface area (Å²) in [5.41, 5.74) is 0. The summed E-state index contributed by atoms with van der Waals surface area (Å²) in [5.74, 6) is -3.14. The molecule has 0 amide bonds. The number of aliphatic carboxylic acids is 1. The van der Waals surface area contributed by atoms with Crippen molar-refractivity contribution in [2.45, 2.75) is 314 Å². The van der Waals surface area contributed by atoms with Gasteiger partial charge >= 0.3 is 23.9 Å². The average Bonchev–Trinajstić information content (AvgIpc) is 3.39. The topological polar surface area (TPSA) is 175 Å². The van der Waals surface area contributed by atoms with Crippen molar-refractivity contribution in [1.29, 1.82) is 0 Å². The molecule has 1 rings (SSSR count). The highest BCUT2D eigenvalue weighted by molar-refractivity contribution is 5.74. The van der Waals surface area contributed by atoms with Crippen LogP contribution in [0.15, 0.2) is 48.6 Å². The highest BCUT2D eigenvalue weighted by atomic mass is 16.7. The van der Waals surface area contributed by atoms with Gasteiger partial charge in [-0.1, -0.05) is 204 Å². The number of hydrogen-bond acceptors (Lipinski definition) is 11. The third kappa shape index (κ3) is 41.5. The molecule has 1 fully saturated rings. The number of carboxylic acids is 1. The summed E-state index contributed by atoms with van der Waals surface area (Å²) in [5, 5.41) is 31.5. The predicted molar refractivity (Wildman–Crippen MR) is 303 cm³/mol. The van der Waals surface area contributed by atoms with E-state index < -0.39 is 67.3 Å². The van der Waals surface area contributed by atoms with Gasteiger partial charge in [-0.3, -0.25) is 14.4 Å². The summed E-state index contributed by atoms with van der Waals surface area (Å²) in [6.45, 7) is 5.95. The Kier molecular flexibility index (Phi) is 47.8. The van der Waals surface area contributed by atoms with E-state index in [9.17, 15) is 34.5 Å². The molecule has 434 valence electrons. The molecule has 0 spiro atoms. The molecule has 0 aromatic carbocycles. The van der Waals surface area contributed by atoms with Crippen LogP contribution in [0, 0.1) is 0 Å². The molecular formula is C63H110O12. The Hall–Kier alpha value is -3.32. The van der Waals surface area contributed by atoms with Crippen LogP contribution in [0.5, 0.6) is 0 Å². The van der Waals surface area contributed by atoms with E-state index in [4.69, 9.17) is 23.7 Å². The van der Waals surface area contributed by atoms with E-state index in [1.807, 2.05) is 0 Å². The van der Waals surface area contributed by atoms with E-state index in [1.54, 1.807) is 0 Å². The van der Waals surface area contributed by atoms with Crippen molar-refractivity contribution in [3.63, 3.8) is 0 Å². The van der Waals surface area contributed by atoms with Crippen LogP contribution >= 0.6 is 0 Å². The molecule has 12 heteroatoms. The maximum absolute atomic E-state index is 13.2. The maximum Gasteiger partial charge on any atom is 0.335 e. The van der Waals surface area contributed by atoms with Crippen molar-refractivity contribution < 1.29 is 58.2 Å². The lowest BCUT2D eigenvalue weighted by atomic mass is 9.98. The van der Waals surface area contributed by atoms with Gasteiger partial charge in [0.1, 0.15) is 18.8 Å². The first kappa shape index (κ1) is 69.7. The summed E-state index contributed by atoms with van der Waals surface area (Å²) in [4.78, 5) is 51.2. The van der Waals surface area contributed by atoms with Crippen molar-refractivity contribution in [3.05, 3.63) is 48.6 Å². The van der Waals surface area contributed by atoms with E-state index >= 15 is 0 Å². The van der Waals surface area contributed by atoms with Gasteiger partial charge in [0.2, 0.25) is 0 Å².